The van der Waals surface area contributed by atoms with Crippen LogP contribution in [0.3, 0.4) is 0 Å². The van der Waals surface area contributed by atoms with Crippen LogP contribution in [0, 0.1) is 6.92 Å². The van der Waals surface area contributed by atoms with Crippen LogP contribution in [0.15, 0.2) is 0 Å². The molecule has 0 aliphatic heterocycles. The average molecular weight is 293 g/mol. The van der Waals surface area contributed by atoms with Crippen molar-refractivity contribution < 1.29 is 13.2 Å². The number of carbonyl (C=O) groups excluding carboxylic acids is 1. The van der Waals surface area contributed by atoms with Gasteiger partial charge in [-0.15, -0.1) is 0 Å². The van der Waals surface area contributed by atoms with Gasteiger partial charge in [-0.1, -0.05) is 11.6 Å². The number of aromatic nitrogens is 2. The Hall–Kier alpha value is -1.25. The highest BCUT2D eigenvalue weighted by Gasteiger charge is 2.12. The van der Waals surface area contributed by atoms with Gasteiger partial charge in [-0.25, -0.2) is 23.1 Å². The standard InChI is InChI=1S/C9H13ClN4O3S/c1-6-13-8(10)7(5-15)9(14-6)12-3-4-18(16,17)11-2/h5,11H,3-4H2,1-2H3,(H,12,13,14). The van der Waals surface area contributed by atoms with Gasteiger partial charge in [0.2, 0.25) is 10.0 Å². The second kappa shape index (κ2) is 6.07. The zero-order chi connectivity index (χ0) is 13.8. The number of rotatable bonds is 6. The fraction of sp³-hybridized carbons (Fsp3) is 0.444. The Bertz CT molecular complexity index is 547. The van der Waals surface area contributed by atoms with E-state index in [1.165, 1.54) is 7.05 Å². The Kier molecular flexibility index (Phi) is 5.00. The molecule has 0 radical (unpaired) electrons. The van der Waals surface area contributed by atoms with Crippen LogP contribution < -0.4 is 10.0 Å². The Balaban J connectivity index is 2.82. The van der Waals surface area contributed by atoms with E-state index in [1.54, 1.807) is 6.92 Å². The van der Waals surface area contributed by atoms with Crippen molar-refractivity contribution >= 4 is 33.7 Å². The molecule has 0 bridgehead atoms. The Morgan fingerprint density at radius 1 is 1.39 bits per heavy atom. The largest absolute Gasteiger partial charge is 0.368 e. The van der Waals surface area contributed by atoms with Crippen molar-refractivity contribution in [2.45, 2.75) is 6.92 Å². The minimum atomic E-state index is -3.31. The highest BCUT2D eigenvalue weighted by Crippen LogP contribution is 2.18. The molecule has 1 aromatic rings. The van der Waals surface area contributed by atoms with Gasteiger partial charge < -0.3 is 5.32 Å². The molecule has 18 heavy (non-hydrogen) atoms. The lowest BCUT2D eigenvalue weighted by molar-refractivity contribution is 0.112. The van der Waals surface area contributed by atoms with Crippen LogP contribution in [0.1, 0.15) is 16.2 Å². The quantitative estimate of drug-likeness (QED) is 0.574. The molecule has 0 aliphatic rings. The number of nitrogens with one attached hydrogen (secondary N) is 2. The third-order valence-corrected chi connectivity index (χ3v) is 3.75. The summed E-state index contributed by atoms with van der Waals surface area (Å²) in [5.74, 6) is 0.487. The lowest BCUT2D eigenvalue weighted by atomic mass is 10.3. The zero-order valence-electron chi connectivity index (χ0n) is 9.90. The van der Waals surface area contributed by atoms with Gasteiger partial charge in [-0.2, -0.15) is 0 Å². The van der Waals surface area contributed by atoms with Crippen molar-refractivity contribution in [2.75, 3.05) is 24.7 Å². The van der Waals surface area contributed by atoms with Crippen molar-refractivity contribution in [3.63, 3.8) is 0 Å². The van der Waals surface area contributed by atoms with Crippen LogP contribution in [0.4, 0.5) is 5.82 Å². The van der Waals surface area contributed by atoms with Crippen molar-refractivity contribution in [3.05, 3.63) is 16.5 Å². The first kappa shape index (κ1) is 14.8. The van der Waals surface area contributed by atoms with Gasteiger partial charge in [-0.3, -0.25) is 4.79 Å². The van der Waals surface area contributed by atoms with Gasteiger partial charge >= 0.3 is 0 Å². The van der Waals surface area contributed by atoms with E-state index >= 15 is 0 Å². The summed E-state index contributed by atoms with van der Waals surface area (Å²) in [6.45, 7) is 1.73. The fourth-order valence-electron chi connectivity index (χ4n) is 1.19. The van der Waals surface area contributed by atoms with Gasteiger partial charge in [-0.05, 0) is 14.0 Å². The lowest BCUT2D eigenvalue weighted by Gasteiger charge is -2.09. The molecule has 0 atom stereocenters. The van der Waals surface area contributed by atoms with E-state index in [1.807, 2.05) is 0 Å². The number of halogens is 1. The summed E-state index contributed by atoms with van der Waals surface area (Å²) in [5, 5.41) is 2.79. The molecule has 0 fully saturated rings. The van der Waals surface area contributed by atoms with E-state index in [2.05, 4.69) is 20.0 Å². The predicted molar refractivity (Wildman–Crippen MR) is 68.5 cm³/mol. The summed E-state index contributed by atoms with van der Waals surface area (Å²) in [4.78, 5) is 18.7. The molecule has 0 aromatic carbocycles. The molecule has 0 unspecified atom stereocenters. The SMILES string of the molecule is CNS(=O)(=O)CCNc1nc(C)nc(Cl)c1C=O. The maximum atomic E-state index is 11.2. The molecule has 0 spiro atoms. The number of carbonyl (C=O) groups is 1. The molecule has 9 heteroatoms. The number of hydrogen-bond donors (Lipinski definition) is 2. The minimum Gasteiger partial charge on any atom is -0.368 e. The predicted octanol–water partition coefficient (Wildman–Crippen LogP) is 0.212. The summed E-state index contributed by atoms with van der Waals surface area (Å²) in [6, 6.07) is 0. The van der Waals surface area contributed by atoms with E-state index in [0.29, 0.717) is 12.1 Å². The van der Waals surface area contributed by atoms with Gasteiger partial charge in [0.05, 0.1) is 11.3 Å². The van der Waals surface area contributed by atoms with E-state index in [4.69, 9.17) is 11.6 Å². The molecular formula is C9H13ClN4O3S. The third-order valence-electron chi connectivity index (χ3n) is 2.10. The molecular weight excluding hydrogens is 280 g/mol. The highest BCUT2D eigenvalue weighted by molar-refractivity contribution is 7.89. The highest BCUT2D eigenvalue weighted by atomic mass is 35.5. The van der Waals surface area contributed by atoms with Crippen LogP contribution in [0.2, 0.25) is 5.15 Å². The average Bonchev–Trinajstić information content (AvgIpc) is 2.28. The molecule has 7 nitrogen and oxygen atoms in total. The number of anilines is 1. The van der Waals surface area contributed by atoms with Crippen LogP contribution in [-0.2, 0) is 10.0 Å². The molecule has 0 aliphatic carbocycles. The van der Waals surface area contributed by atoms with Crippen LogP contribution in [0.25, 0.3) is 0 Å². The summed E-state index contributed by atoms with van der Waals surface area (Å²) in [7, 11) is -1.98. The first-order valence-corrected chi connectivity index (χ1v) is 7.07. The van der Waals surface area contributed by atoms with Gasteiger partial charge in [0.1, 0.15) is 16.8 Å². The van der Waals surface area contributed by atoms with Crippen molar-refractivity contribution in [2.24, 2.45) is 0 Å². The number of sulfonamides is 1. The van der Waals surface area contributed by atoms with E-state index < -0.39 is 10.0 Å². The monoisotopic (exact) mass is 292 g/mol. The minimum absolute atomic E-state index is 0.0384. The molecule has 2 N–H and O–H groups in total. The Morgan fingerprint density at radius 3 is 2.61 bits per heavy atom. The second-order valence-electron chi connectivity index (χ2n) is 3.39. The molecule has 0 saturated heterocycles. The van der Waals surface area contributed by atoms with Gasteiger partial charge in [0.25, 0.3) is 0 Å². The summed E-state index contributed by atoms with van der Waals surface area (Å²) in [5.41, 5.74) is 0.115. The number of nitrogens with zero attached hydrogens (tertiary/aromatic N) is 2. The van der Waals surface area contributed by atoms with Crippen molar-refractivity contribution in [3.8, 4) is 0 Å². The normalized spacial score (nSPS) is 11.3. The van der Waals surface area contributed by atoms with E-state index in [0.717, 1.165) is 0 Å². The molecule has 100 valence electrons. The molecule has 1 rings (SSSR count). The van der Waals surface area contributed by atoms with Crippen molar-refractivity contribution in [1.29, 1.82) is 0 Å². The zero-order valence-corrected chi connectivity index (χ0v) is 11.5. The molecule has 0 saturated carbocycles. The fourth-order valence-corrected chi connectivity index (χ4v) is 2.02. The van der Waals surface area contributed by atoms with Crippen LogP contribution >= 0.6 is 11.6 Å². The first-order valence-electron chi connectivity index (χ1n) is 5.04. The Labute approximate surface area is 110 Å². The topological polar surface area (TPSA) is 101 Å². The Morgan fingerprint density at radius 2 is 2.06 bits per heavy atom. The summed E-state index contributed by atoms with van der Waals surface area (Å²) >= 11 is 5.78. The van der Waals surface area contributed by atoms with Gasteiger partial charge in [0, 0.05) is 6.54 Å². The maximum absolute atomic E-state index is 11.2. The smallest absolute Gasteiger partial charge is 0.213 e. The second-order valence-corrected chi connectivity index (χ2v) is 5.80. The van der Waals surface area contributed by atoms with Crippen LogP contribution in [-0.4, -0.2) is 44.0 Å². The number of aldehydes is 1. The summed E-state index contributed by atoms with van der Waals surface area (Å²) in [6.07, 6.45) is 0.524. The lowest BCUT2D eigenvalue weighted by Crippen LogP contribution is -2.26. The first-order chi connectivity index (χ1) is 8.39. The summed E-state index contributed by atoms with van der Waals surface area (Å²) < 4.78 is 24.6. The maximum Gasteiger partial charge on any atom is 0.213 e. The van der Waals surface area contributed by atoms with E-state index in [-0.39, 0.29) is 28.8 Å². The molecule has 1 aromatic heterocycles. The molecule has 0 amide bonds. The van der Waals surface area contributed by atoms with Crippen LogP contribution in [0.5, 0.6) is 0 Å². The number of aryl methyl sites for hydroxylation is 1. The van der Waals surface area contributed by atoms with Gasteiger partial charge in [0.15, 0.2) is 6.29 Å². The third kappa shape index (κ3) is 3.90. The number of hydrogen-bond acceptors (Lipinski definition) is 6. The van der Waals surface area contributed by atoms with Crippen molar-refractivity contribution in [1.82, 2.24) is 14.7 Å². The van der Waals surface area contributed by atoms with E-state index in [9.17, 15) is 13.2 Å². The molecule has 1 heterocycles.